The van der Waals surface area contributed by atoms with E-state index in [0.29, 0.717) is 113 Å². The van der Waals surface area contributed by atoms with E-state index < -0.39 is 69.1 Å². The van der Waals surface area contributed by atoms with Gasteiger partial charge in [-0.2, -0.15) is 0 Å². The molecule has 140 heavy (non-hydrogen) atoms. The minimum absolute atomic E-state index is 0.229. The van der Waals surface area contributed by atoms with Crippen LogP contribution in [0, 0.1) is 34.6 Å². The molecule has 0 spiro atoms. The Morgan fingerprint density at radius 1 is 0.250 bits per heavy atom. The Morgan fingerprint density at radius 3 is 0.693 bits per heavy atom. The number of pyridine rings is 10. The molecule has 15 nitrogen and oxygen atoms in total. The third-order valence-electron chi connectivity index (χ3n) is 27.0. The molecule has 0 saturated heterocycles. The van der Waals surface area contributed by atoms with Crippen molar-refractivity contribution < 1.29 is 72.3 Å². The van der Waals surface area contributed by atoms with Crippen molar-refractivity contribution >= 4 is 110 Å². The van der Waals surface area contributed by atoms with E-state index in [0.717, 1.165) is 178 Å². The predicted octanol–water partition coefficient (Wildman–Crippen LogP) is 30.1. The number of hydrogen-bond donors (Lipinski definition) is 0. The summed E-state index contributed by atoms with van der Waals surface area (Å²) in [6, 6.07) is 49.2. The Balaban J connectivity index is 0.000000141. The molecule has 0 atom stereocenters. The Bertz CT molecular complexity index is 8950. The molecule has 0 aliphatic heterocycles. The molecule has 0 aliphatic rings. The fourth-order valence-corrected chi connectivity index (χ4v) is 19.0. The average molecular weight is 1890 g/mol. The molecule has 0 aliphatic carbocycles. The van der Waals surface area contributed by atoms with Gasteiger partial charge in [-0.1, -0.05) is 199 Å². The molecule has 15 aromatic heterocycles. The first-order valence-electron chi connectivity index (χ1n) is 58.3. The molecule has 0 unspecified atom stereocenters. The van der Waals surface area contributed by atoms with Gasteiger partial charge < -0.3 is 22.1 Å². The Labute approximate surface area is 856 Å². The second-order valence-electron chi connectivity index (χ2n) is 37.7. The van der Waals surface area contributed by atoms with Crippen LogP contribution in [0.1, 0.15) is 307 Å². The first kappa shape index (κ1) is 76.5. The lowest BCUT2D eigenvalue weighted by atomic mass is 9.94. The van der Waals surface area contributed by atoms with Crippen molar-refractivity contribution in [2.75, 3.05) is 0 Å². The first-order chi connectivity index (χ1) is 73.9. The summed E-state index contributed by atoms with van der Waals surface area (Å²) in [6.45, 7) is 45.1. The molecular weight excluding hydrogens is 1720 g/mol. The first-order valence-corrected chi connectivity index (χ1v) is 48.3. The van der Waals surface area contributed by atoms with Crippen molar-refractivity contribution in [1.82, 2.24) is 24.9 Å². The molecule has 20 aromatic rings. The molecule has 0 saturated carbocycles. The van der Waals surface area contributed by atoms with E-state index in [-0.39, 0.29) is 11.8 Å². The van der Waals surface area contributed by atoms with Crippen molar-refractivity contribution in [2.45, 2.75) is 266 Å². The standard InChI is InChI=1S/C26H31N2O.3C25H29N2O.C24H27N2O/c1-8-18-13-23(28(7)14-21(18)15(2)3)24-17(6)9-10-19-20-11-12-22(16(4)5)27-26(20)29-25(19)24;3*1-7-17-13-22(27(6)14-18(17)8-2)23-16(5)9-10-19-20-11-12-21(15(3)4)26-25(20)28-24(19)23;1-6-16-13-21(26(5)14-17(16)7-2)22-15(4)9-11-19-20-12-10-18(8-3)25-24(20)27-23(19)22/h9-16H,8H2,1-7H3;3*9-15H,7-8H2,1-6H3;9-14H,6-8H2,1-5H3/q5*+1/i8D2;2*7D2,8D2,15D;7D2,8D2;6D2,7D2. The number of rotatable bonds is 20. The third-order valence-corrected chi connectivity index (χ3v) is 27.0. The van der Waals surface area contributed by atoms with E-state index in [1.54, 1.807) is 83.7 Å². The number of hydrogen-bond acceptors (Lipinski definition) is 10. The SMILES string of the molecule is [2H]C([2H])(C)c1cc(-c2c(C)ccc3c2oc2nc(C(C)C)ccc23)[n+](C)cc1C(C)C.[2H]C([2H])(C)c1cc(-c2c(C)ccc3c2oc2nc(C(C)C)ccc23)[n+](C)cc1C([2H])([2H])C.[2H]C([2H])(C)c1cc(-c2c(C)ccc3c2oc2nc(C([2H])(C)C)ccc23)[n+](C)cc1C([2H])([2H])C.[2H]C([2H])(C)c1cc(-c2c(C)ccc3c2oc2nc(C([2H])(C)C)ccc23)[n+](C)cc1C([2H])([2H])C.[2H]C([2H])(C)c1cc(-c2c(C)ccc3c2oc2nc(CC)ccc23)[n+](C)cc1C([2H])([2H])C. The summed E-state index contributed by atoms with van der Waals surface area (Å²) >= 11 is 0. The van der Waals surface area contributed by atoms with Gasteiger partial charge in [0.2, 0.25) is 57.0 Å². The molecule has 20 rings (SSSR count). The number of aromatic nitrogens is 10. The van der Waals surface area contributed by atoms with Crippen molar-refractivity contribution in [2.24, 2.45) is 35.2 Å². The van der Waals surface area contributed by atoms with E-state index in [1.165, 1.54) is 55.4 Å². The van der Waals surface area contributed by atoms with Gasteiger partial charge in [0, 0.05) is 168 Å². The summed E-state index contributed by atoms with van der Waals surface area (Å²) in [7, 11) is 9.40. The maximum absolute atomic E-state index is 8.43. The van der Waals surface area contributed by atoms with E-state index in [1.807, 2.05) is 184 Å². The van der Waals surface area contributed by atoms with Crippen LogP contribution in [0.4, 0.5) is 0 Å². The molecule has 0 radical (unpaired) electrons. The number of nitrogens with zero attached hydrogens (tertiary/aromatic N) is 10. The Kier molecular flexibility index (Phi) is 22.7. The summed E-state index contributed by atoms with van der Waals surface area (Å²) in [5, 5.41) is 9.35. The van der Waals surface area contributed by atoms with Gasteiger partial charge in [0.1, 0.15) is 35.2 Å². The maximum Gasteiger partial charge on any atom is 0.227 e. The Hall–Kier alpha value is -13.4. The summed E-state index contributed by atoms with van der Waals surface area (Å²) in [4.78, 5) is 23.3. The van der Waals surface area contributed by atoms with Crippen LogP contribution in [0.2, 0.25) is 0 Å². The van der Waals surface area contributed by atoms with Crippen LogP contribution >= 0.6 is 0 Å². The zero-order valence-electron chi connectivity index (χ0n) is 107. The van der Waals surface area contributed by atoms with E-state index in [4.69, 9.17) is 59.5 Å². The van der Waals surface area contributed by atoms with E-state index >= 15 is 0 Å². The normalized spacial score (nSPS) is 15.0. The highest BCUT2D eigenvalue weighted by molar-refractivity contribution is 6.13. The van der Waals surface area contributed by atoms with Crippen molar-refractivity contribution in [3.05, 3.63) is 295 Å². The van der Waals surface area contributed by atoms with Gasteiger partial charge >= 0.3 is 0 Å². The smallest absolute Gasteiger partial charge is 0.227 e. The summed E-state index contributed by atoms with van der Waals surface area (Å²) in [5.41, 5.74) is 28.1. The van der Waals surface area contributed by atoms with E-state index in [9.17, 15) is 0 Å². The van der Waals surface area contributed by atoms with Crippen LogP contribution in [-0.2, 0) is 99.0 Å². The topological polar surface area (TPSA) is 150 Å². The number of fused-ring (bicyclic) bond motifs is 15. The molecule has 0 amide bonds. The lowest BCUT2D eigenvalue weighted by Crippen LogP contribution is -2.32. The minimum Gasteiger partial charge on any atom is -0.437 e. The van der Waals surface area contributed by atoms with Gasteiger partial charge in [0.05, 0.1) is 27.8 Å². The maximum atomic E-state index is 8.43. The number of aryl methyl sites for hydroxylation is 20. The van der Waals surface area contributed by atoms with Crippen LogP contribution in [0.25, 0.3) is 167 Å². The fraction of sp³-hybridized carbons (Fsp3) is 0.360. The second-order valence-corrected chi connectivity index (χ2v) is 37.7. The van der Waals surface area contributed by atoms with E-state index in [2.05, 4.69) is 105 Å². The largest absolute Gasteiger partial charge is 0.437 e. The van der Waals surface area contributed by atoms with Crippen LogP contribution in [0.15, 0.2) is 205 Å². The number of benzene rings is 5. The third kappa shape index (κ3) is 19.0. The highest BCUT2D eigenvalue weighted by Crippen LogP contribution is 2.45. The highest BCUT2D eigenvalue weighted by atomic mass is 16.4. The lowest BCUT2D eigenvalue weighted by molar-refractivity contribution is -0.661. The van der Waals surface area contributed by atoms with Crippen LogP contribution in [0.3, 0.4) is 0 Å². The molecule has 0 bridgehead atoms. The number of furan rings is 5. The summed E-state index contributed by atoms with van der Waals surface area (Å²) < 4.78 is 207. The fourth-order valence-electron chi connectivity index (χ4n) is 19.0. The highest BCUT2D eigenvalue weighted by Gasteiger charge is 2.31. The Morgan fingerprint density at radius 2 is 0.464 bits per heavy atom. The van der Waals surface area contributed by atoms with Gasteiger partial charge in [-0.3, -0.25) is 0 Å². The molecular formula is C125H145N10O5+5. The molecule has 0 fully saturated rings. The lowest BCUT2D eigenvalue weighted by Gasteiger charge is -2.13. The van der Waals surface area contributed by atoms with Gasteiger partial charge in [0.15, 0.2) is 58.9 Å². The molecule has 0 N–H and O–H groups in total. The summed E-state index contributed by atoms with van der Waals surface area (Å²) in [5.74, 6) is -0.858. The summed E-state index contributed by atoms with van der Waals surface area (Å²) in [6.07, 6.45) is -5.41. The average Bonchev–Trinajstić information content (AvgIpc) is 1.60. The zero-order chi connectivity index (χ0) is 118. The van der Waals surface area contributed by atoms with Crippen molar-refractivity contribution in [3.8, 4) is 56.3 Å². The molecule has 15 heteroatoms. The molecule has 15 heterocycles. The van der Waals surface area contributed by atoms with Crippen molar-refractivity contribution in [1.29, 1.82) is 0 Å². The van der Waals surface area contributed by atoms with Gasteiger partial charge in [0.25, 0.3) is 0 Å². The zero-order valence-corrected chi connectivity index (χ0v) is 86.8. The van der Waals surface area contributed by atoms with Gasteiger partial charge in [-0.25, -0.2) is 47.8 Å². The van der Waals surface area contributed by atoms with Gasteiger partial charge in [-0.15, -0.1) is 0 Å². The quantitative estimate of drug-likeness (QED) is 0.0675. The van der Waals surface area contributed by atoms with Crippen LogP contribution in [0.5, 0.6) is 0 Å². The van der Waals surface area contributed by atoms with Gasteiger partial charge in [-0.05, 0) is 244 Å². The molecule has 5 aromatic carbocycles. The second kappa shape index (κ2) is 41.6. The monoisotopic (exact) mass is 1890 g/mol. The van der Waals surface area contributed by atoms with Crippen molar-refractivity contribution in [3.63, 3.8) is 0 Å². The van der Waals surface area contributed by atoms with Crippen LogP contribution < -0.4 is 22.8 Å². The predicted molar refractivity (Wildman–Crippen MR) is 579 cm³/mol. The van der Waals surface area contributed by atoms with Crippen LogP contribution in [-0.4, -0.2) is 24.9 Å². The minimum atomic E-state index is -1.73. The molecule has 720 valence electrons.